The fourth-order valence-corrected chi connectivity index (χ4v) is 3.13. The van der Waals surface area contributed by atoms with Crippen molar-refractivity contribution in [1.82, 2.24) is 5.32 Å². The molecular weight excluding hydrogens is 351 g/mol. The lowest BCUT2D eigenvalue weighted by Crippen LogP contribution is -2.60. The molecule has 1 aromatic rings. The van der Waals surface area contributed by atoms with Crippen molar-refractivity contribution in [2.75, 3.05) is 14.2 Å². The Morgan fingerprint density at radius 1 is 1.55 bits per heavy atom. The zero-order chi connectivity index (χ0) is 14.9. The number of halogens is 2. The Bertz CT molecular complexity index is 528. The second-order valence-corrected chi connectivity index (χ2v) is 5.77. The molecule has 0 saturated heterocycles. The summed E-state index contributed by atoms with van der Waals surface area (Å²) in [6.45, 7) is 0. The van der Waals surface area contributed by atoms with E-state index >= 15 is 0 Å². The first-order valence-electron chi connectivity index (χ1n) is 5.98. The van der Waals surface area contributed by atoms with Crippen molar-refractivity contribution in [3.63, 3.8) is 0 Å². The summed E-state index contributed by atoms with van der Waals surface area (Å²) >= 11 is 9.08. The van der Waals surface area contributed by atoms with Gasteiger partial charge in [-0.15, -0.1) is 0 Å². The molecule has 1 aliphatic carbocycles. The molecule has 1 N–H and O–H groups in total. The fourth-order valence-electron chi connectivity index (χ4n) is 2.25. The predicted octanol–water partition coefficient (Wildman–Crippen LogP) is 2.76. The van der Waals surface area contributed by atoms with E-state index in [1.807, 2.05) is 7.05 Å². The summed E-state index contributed by atoms with van der Waals surface area (Å²) in [4.78, 5) is 10.6. The monoisotopic (exact) mass is 364 g/mol. The van der Waals surface area contributed by atoms with Crippen LogP contribution in [0.15, 0.2) is 16.6 Å². The zero-order valence-corrected chi connectivity index (χ0v) is 13.3. The maximum atomic E-state index is 11.1. The third-order valence-corrected chi connectivity index (χ3v) is 4.15. The van der Waals surface area contributed by atoms with E-state index in [1.54, 1.807) is 13.2 Å². The van der Waals surface area contributed by atoms with E-state index in [0.29, 0.717) is 4.47 Å². The second kappa shape index (κ2) is 6.26. The van der Waals surface area contributed by atoms with Crippen LogP contribution in [-0.4, -0.2) is 37.3 Å². The van der Waals surface area contributed by atoms with Crippen LogP contribution < -0.4 is 10.1 Å². The van der Waals surface area contributed by atoms with Gasteiger partial charge >= 0.3 is 5.69 Å². The van der Waals surface area contributed by atoms with E-state index in [9.17, 15) is 10.1 Å². The number of nitrogens with zero attached hydrogens (tertiary/aromatic N) is 1. The summed E-state index contributed by atoms with van der Waals surface area (Å²) in [6.07, 6.45) is 0.358. The van der Waals surface area contributed by atoms with Gasteiger partial charge in [0, 0.05) is 30.7 Å². The first kappa shape index (κ1) is 15.5. The number of ether oxygens (including phenoxy) is 2. The van der Waals surface area contributed by atoms with Gasteiger partial charge < -0.3 is 14.8 Å². The normalized spacial score (nSPS) is 25.1. The molecule has 0 aliphatic heterocycles. The Morgan fingerprint density at radius 3 is 2.80 bits per heavy atom. The van der Waals surface area contributed by atoms with Crippen molar-refractivity contribution in [2.45, 2.75) is 24.7 Å². The standard InChI is InChI=1S/C12H14BrClN2O4/c1-15-8-5-10(12(8)19-2)20-11-7(13)3-6(14)4-9(11)16(17)18/h3-4,8,10,12,15H,5H2,1-2H3. The Kier molecular flexibility index (Phi) is 4.85. The van der Waals surface area contributed by atoms with Gasteiger partial charge in [-0.25, -0.2) is 0 Å². The van der Waals surface area contributed by atoms with E-state index in [2.05, 4.69) is 21.2 Å². The van der Waals surface area contributed by atoms with Crippen molar-refractivity contribution in [3.8, 4) is 5.75 Å². The molecule has 1 aliphatic rings. The molecule has 0 bridgehead atoms. The summed E-state index contributed by atoms with van der Waals surface area (Å²) in [7, 11) is 3.43. The van der Waals surface area contributed by atoms with Crippen LogP contribution in [0.1, 0.15) is 6.42 Å². The molecule has 3 unspecified atom stereocenters. The lowest BCUT2D eigenvalue weighted by molar-refractivity contribution is -0.386. The minimum atomic E-state index is -0.512. The highest BCUT2D eigenvalue weighted by atomic mass is 79.9. The van der Waals surface area contributed by atoms with Crippen LogP contribution in [0.2, 0.25) is 5.02 Å². The Balaban J connectivity index is 2.24. The van der Waals surface area contributed by atoms with Crippen LogP contribution in [0.3, 0.4) is 0 Å². The highest BCUT2D eigenvalue weighted by Gasteiger charge is 2.43. The van der Waals surface area contributed by atoms with Gasteiger partial charge in [0.05, 0.1) is 9.40 Å². The van der Waals surface area contributed by atoms with Crippen molar-refractivity contribution in [1.29, 1.82) is 0 Å². The van der Waals surface area contributed by atoms with Gasteiger partial charge in [-0.05, 0) is 29.0 Å². The minimum absolute atomic E-state index is 0.137. The molecule has 1 aromatic carbocycles. The topological polar surface area (TPSA) is 73.6 Å². The summed E-state index contributed by atoms with van der Waals surface area (Å²) in [5.41, 5.74) is -0.160. The van der Waals surface area contributed by atoms with Crippen molar-refractivity contribution < 1.29 is 14.4 Å². The molecule has 0 amide bonds. The largest absolute Gasteiger partial charge is 0.480 e. The van der Waals surface area contributed by atoms with Crippen molar-refractivity contribution in [3.05, 3.63) is 31.7 Å². The fraction of sp³-hybridized carbons (Fsp3) is 0.500. The van der Waals surface area contributed by atoms with Gasteiger partial charge in [-0.1, -0.05) is 11.6 Å². The highest BCUT2D eigenvalue weighted by molar-refractivity contribution is 9.10. The average molecular weight is 366 g/mol. The first-order chi connectivity index (χ1) is 9.47. The molecule has 0 spiro atoms. The molecule has 0 aromatic heterocycles. The summed E-state index contributed by atoms with van der Waals surface area (Å²) < 4.78 is 11.5. The maximum absolute atomic E-state index is 11.1. The van der Waals surface area contributed by atoms with Gasteiger partial charge in [0.25, 0.3) is 0 Å². The van der Waals surface area contributed by atoms with Crippen LogP contribution in [0.4, 0.5) is 5.69 Å². The van der Waals surface area contributed by atoms with Crippen LogP contribution in [0, 0.1) is 10.1 Å². The number of methoxy groups -OCH3 is 1. The van der Waals surface area contributed by atoms with Crippen LogP contribution in [0.5, 0.6) is 5.75 Å². The van der Waals surface area contributed by atoms with Gasteiger partial charge in [-0.3, -0.25) is 10.1 Å². The SMILES string of the molecule is CNC1CC(Oc2c(Br)cc(Cl)cc2[N+](=O)[O-])C1OC. The van der Waals surface area contributed by atoms with E-state index in [0.717, 1.165) is 6.42 Å². The number of nitro benzene ring substituents is 1. The van der Waals surface area contributed by atoms with Crippen molar-refractivity contribution in [2.24, 2.45) is 0 Å². The van der Waals surface area contributed by atoms with E-state index in [1.165, 1.54) is 6.07 Å². The number of nitro groups is 1. The third-order valence-electron chi connectivity index (χ3n) is 3.35. The van der Waals surface area contributed by atoms with Crippen LogP contribution >= 0.6 is 27.5 Å². The Hall–Kier alpha value is -0.890. The molecule has 1 fully saturated rings. The molecule has 3 atom stereocenters. The molecule has 8 heteroatoms. The average Bonchev–Trinajstić information content (AvgIpc) is 2.35. The first-order valence-corrected chi connectivity index (χ1v) is 7.15. The highest BCUT2D eigenvalue weighted by Crippen LogP contribution is 2.40. The number of hydrogen-bond acceptors (Lipinski definition) is 5. The molecular formula is C12H14BrClN2O4. The van der Waals surface area contributed by atoms with Gasteiger partial charge in [0.2, 0.25) is 5.75 Å². The molecule has 110 valence electrons. The zero-order valence-electron chi connectivity index (χ0n) is 10.9. The summed E-state index contributed by atoms with van der Waals surface area (Å²) in [5.74, 6) is 0.181. The van der Waals surface area contributed by atoms with E-state index in [-0.39, 0.29) is 34.7 Å². The van der Waals surface area contributed by atoms with Crippen molar-refractivity contribution >= 4 is 33.2 Å². The van der Waals surface area contributed by atoms with E-state index in [4.69, 9.17) is 21.1 Å². The molecule has 2 rings (SSSR count). The lowest BCUT2D eigenvalue weighted by Gasteiger charge is -2.42. The Labute approximate surface area is 129 Å². The number of hydrogen-bond donors (Lipinski definition) is 1. The quantitative estimate of drug-likeness (QED) is 0.641. The third kappa shape index (κ3) is 2.90. The summed E-state index contributed by atoms with van der Waals surface area (Å²) in [6, 6.07) is 3.03. The van der Waals surface area contributed by atoms with Gasteiger partial charge in [0.15, 0.2) is 0 Å². The molecule has 20 heavy (non-hydrogen) atoms. The van der Waals surface area contributed by atoms with Crippen LogP contribution in [-0.2, 0) is 4.74 Å². The number of likely N-dealkylation sites (N-methyl/N-ethyl adjacent to an activating group) is 1. The second-order valence-electron chi connectivity index (χ2n) is 4.48. The smallest absolute Gasteiger partial charge is 0.313 e. The number of benzene rings is 1. The lowest BCUT2D eigenvalue weighted by atomic mass is 9.85. The molecule has 1 saturated carbocycles. The van der Waals surface area contributed by atoms with Gasteiger partial charge in [-0.2, -0.15) is 0 Å². The van der Waals surface area contributed by atoms with Gasteiger partial charge in [0.1, 0.15) is 12.2 Å². The number of nitrogens with one attached hydrogen (secondary N) is 1. The van der Waals surface area contributed by atoms with E-state index < -0.39 is 4.92 Å². The van der Waals surface area contributed by atoms with Crippen LogP contribution in [0.25, 0.3) is 0 Å². The molecule has 0 radical (unpaired) electrons. The molecule has 0 heterocycles. The molecule has 6 nitrogen and oxygen atoms in total. The Morgan fingerprint density at radius 2 is 2.25 bits per heavy atom. The summed E-state index contributed by atoms with van der Waals surface area (Å²) in [5, 5.41) is 14.5. The number of rotatable bonds is 5. The predicted molar refractivity (Wildman–Crippen MR) is 78.5 cm³/mol. The maximum Gasteiger partial charge on any atom is 0.313 e. The minimum Gasteiger partial charge on any atom is -0.480 e.